The Labute approximate surface area is 268 Å². The van der Waals surface area contributed by atoms with Crippen LogP contribution in [0.15, 0.2) is 175 Å². The Kier molecular flexibility index (Phi) is 11.7. The van der Waals surface area contributed by atoms with Crippen molar-refractivity contribution in [2.75, 3.05) is 4.90 Å². The van der Waals surface area contributed by atoms with Crippen molar-refractivity contribution in [1.29, 1.82) is 0 Å². The monoisotopic (exact) mass is 590 g/mol. The van der Waals surface area contributed by atoms with Gasteiger partial charge in [0.25, 0.3) is 0 Å². The molecule has 0 heterocycles. The standard InChI is InChI=1S/C41H42N4/c1-5-7-10-16-32(4)45(40-20-14-13-15-31(40)3)38-28-25-34(26-29-38)33-21-23-35(24-22-33)39(30-27-37(42)19-8-6-2)44-41(43)36-17-11-9-12-18-36/h5-26,28-30H,4,27,42H2,1-3H3,(H2,43,44)/b7-5-,8-6-,16-10-,37-19-,39-30-. The number of anilines is 2. The molecule has 4 aromatic carbocycles. The Bertz CT molecular complexity index is 1750. The molecule has 0 aliphatic heterocycles. The molecule has 4 nitrogen and oxygen atoms in total. The summed E-state index contributed by atoms with van der Waals surface area (Å²) in [6.07, 6.45) is 16.4. The van der Waals surface area contributed by atoms with E-state index in [1.807, 2.05) is 92.8 Å². The fourth-order valence-electron chi connectivity index (χ4n) is 4.80. The molecule has 4 aromatic rings. The summed E-state index contributed by atoms with van der Waals surface area (Å²) in [5.74, 6) is 0.456. The number of allylic oxidation sites excluding steroid dienone is 8. The van der Waals surface area contributed by atoms with E-state index in [2.05, 4.69) is 91.2 Å². The molecule has 0 amide bonds. The van der Waals surface area contributed by atoms with Gasteiger partial charge in [-0.05, 0) is 73.4 Å². The molecule has 0 saturated carbocycles. The Morgan fingerprint density at radius 3 is 2.00 bits per heavy atom. The first-order chi connectivity index (χ1) is 21.9. The zero-order chi connectivity index (χ0) is 32.0. The van der Waals surface area contributed by atoms with Gasteiger partial charge in [-0.25, -0.2) is 4.99 Å². The summed E-state index contributed by atoms with van der Waals surface area (Å²) in [6, 6.07) is 35.1. The second kappa shape index (κ2) is 16.3. The second-order valence-electron chi connectivity index (χ2n) is 10.5. The molecule has 226 valence electrons. The van der Waals surface area contributed by atoms with Crippen LogP contribution in [0, 0.1) is 6.92 Å². The number of hydrogen-bond donors (Lipinski definition) is 2. The number of para-hydroxylation sites is 1. The number of aryl methyl sites for hydroxylation is 1. The molecule has 0 saturated heterocycles. The minimum Gasteiger partial charge on any atom is -0.402 e. The SMILES string of the molecule is C=C(/C=C\C=C/C)N(c1ccc(-c2ccc(/C(=C/C/C(N)=C/C=C\C)N=C(N)c3ccccc3)cc2)cc1)c1ccccc1C. The van der Waals surface area contributed by atoms with Gasteiger partial charge in [-0.15, -0.1) is 0 Å². The second-order valence-corrected chi connectivity index (χ2v) is 10.5. The minimum absolute atomic E-state index is 0.456. The highest BCUT2D eigenvalue weighted by Gasteiger charge is 2.14. The highest BCUT2D eigenvalue weighted by atomic mass is 15.1. The average Bonchev–Trinajstić information content (AvgIpc) is 3.07. The number of nitrogens with zero attached hydrogens (tertiary/aromatic N) is 2. The lowest BCUT2D eigenvalue weighted by Gasteiger charge is -2.27. The Balaban J connectivity index is 1.64. The number of nitrogens with two attached hydrogens (primary N) is 2. The lowest BCUT2D eigenvalue weighted by molar-refractivity contribution is 1.16. The third-order valence-corrected chi connectivity index (χ3v) is 7.22. The molecule has 0 spiro atoms. The van der Waals surface area contributed by atoms with Gasteiger partial charge in [0.1, 0.15) is 5.84 Å². The molecule has 0 atom stereocenters. The maximum Gasteiger partial charge on any atom is 0.131 e. The fourth-order valence-corrected chi connectivity index (χ4v) is 4.80. The summed E-state index contributed by atoms with van der Waals surface area (Å²) < 4.78 is 0. The number of aliphatic imine (C=N–C) groups is 1. The number of amidine groups is 1. The molecule has 0 fully saturated rings. The van der Waals surface area contributed by atoms with Crippen LogP contribution in [0.2, 0.25) is 0 Å². The smallest absolute Gasteiger partial charge is 0.131 e. The van der Waals surface area contributed by atoms with E-state index in [1.54, 1.807) is 0 Å². The molecule has 0 radical (unpaired) electrons. The van der Waals surface area contributed by atoms with Gasteiger partial charge in [-0.1, -0.05) is 128 Å². The van der Waals surface area contributed by atoms with E-state index in [0.29, 0.717) is 12.3 Å². The van der Waals surface area contributed by atoms with E-state index in [4.69, 9.17) is 16.5 Å². The molecule has 0 aromatic heterocycles. The zero-order valence-corrected chi connectivity index (χ0v) is 26.4. The maximum absolute atomic E-state index is 6.42. The molecule has 45 heavy (non-hydrogen) atoms. The van der Waals surface area contributed by atoms with Gasteiger partial charge in [0.05, 0.1) is 5.70 Å². The topological polar surface area (TPSA) is 67.6 Å². The molecule has 0 unspecified atom stereocenters. The molecular weight excluding hydrogens is 548 g/mol. The number of rotatable bonds is 12. The maximum atomic E-state index is 6.42. The van der Waals surface area contributed by atoms with Crippen LogP contribution in [0.5, 0.6) is 0 Å². The van der Waals surface area contributed by atoms with Crippen LogP contribution in [0.1, 0.15) is 37.0 Å². The third-order valence-electron chi connectivity index (χ3n) is 7.22. The van der Waals surface area contributed by atoms with Crippen LogP contribution in [0.3, 0.4) is 0 Å². The van der Waals surface area contributed by atoms with Crippen molar-refractivity contribution in [1.82, 2.24) is 0 Å². The molecule has 4 heteroatoms. The predicted octanol–water partition coefficient (Wildman–Crippen LogP) is 10.0. The predicted molar refractivity (Wildman–Crippen MR) is 195 cm³/mol. The highest BCUT2D eigenvalue weighted by molar-refractivity contribution is 6.00. The van der Waals surface area contributed by atoms with E-state index in [1.165, 1.54) is 5.56 Å². The molecule has 0 aliphatic rings. The van der Waals surface area contributed by atoms with Crippen molar-refractivity contribution in [2.24, 2.45) is 16.5 Å². The first kappa shape index (κ1) is 32.3. The van der Waals surface area contributed by atoms with E-state index in [9.17, 15) is 0 Å². The van der Waals surface area contributed by atoms with Gasteiger partial charge in [0, 0.05) is 34.8 Å². The van der Waals surface area contributed by atoms with Gasteiger partial charge in [-0.2, -0.15) is 0 Å². The van der Waals surface area contributed by atoms with Crippen LogP contribution >= 0.6 is 0 Å². The van der Waals surface area contributed by atoms with Crippen LogP contribution in [0.4, 0.5) is 11.4 Å². The summed E-state index contributed by atoms with van der Waals surface area (Å²) in [5.41, 5.74) is 22.4. The fraction of sp³-hybridized carbons (Fsp3) is 0.0976. The summed E-state index contributed by atoms with van der Waals surface area (Å²) in [4.78, 5) is 7.00. The summed E-state index contributed by atoms with van der Waals surface area (Å²) in [5, 5.41) is 0. The normalized spacial score (nSPS) is 12.8. The first-order valence-corrected chi connectivity index (χ1v) is 15.1. The summed E-state index contributed by atoms with van der Waals surface area (Å²) in [6.45, 7) is 10.5. The molecule has 0 aliphatic carbocycles. The molecule has 4 N–H and O–H groups in total. The van der Waals surface area contributed by atoms with Gasteiger partial charge < -0.3 is 16.4 Å². The number of benzene rings is 4. The molecular formula is C41H42N4. The Morgan fingerprint density at radius 1 is 0.733 bits per heavy atom. The van der Waals surface area contributed by atoms with Gasteiger partial charge in [0.15, 0.2) is 0 Å². The van der Waals surface area contributed by atoms with Crippen molar-refractivity contribution < 1.29 is 0 Å². The van der Waals surface area contributed by atoms with E-state index < -0.39 is 0 Å². The van der Waals surface area contributed by atoms with Crippen molar-refractivity contribution in [3.05, 3.63) is 186 Å². The van der Waals surface area contributed by atoms with Crippen molar-refractivity contribution in [3.8, 4) is 11.1 Å². The van der Waals surface area contributed by atoms with Gasteiger partial charge in [-0.3, -0.25) is 0 Å². The van der Waals surface area contributed by atoms with Crippen molar-refractivity contribution in [3.63, 3.8) is 0 Å². The molecule has 0 bridgehead atoms. The number of hydrogen-bond acceptors (Lipinski definition) is 3. The first-order valence-electron chi connectivity index (χ1n) is 15.1. The summed E-state index contributed by atoms with van der Waals surface area (Å²) in [7, 11) is 0. The lowest BCUT2D eigenvalue weighted by Crippen LogP contribution is -2.15. The van der Waals surface area contributed by atoms with E-state index >= 15 is 0 Å². The largest absolute Gasteiger partial charge is 0.402 e. The van der Waals surface area contributed by atoms with Crippen molar-refractivity contribution >= 4 is 22.9 Å². The Morgan fingerprint density at radius 2 is 1.36 bits per heavy atom. The van der Waals surface area contributed by atoms with Crippen LogP contribution < -0.4 is 16.4 Å². The quantitative estimate of drug-likeness (QED) is 0.0980. The van der Waals surface area contributed by atoms with E-state index in [-0.39, 0.29) is 0 Å². The van der Waals surface area contributed by atoms with Gasteiger partial charge >= 0.3 is 0 Å². The zero-order valence-electron chi connectivity index (χ0n) is 26.4. The van der Waals surface area contributed by atoms with Crippen LogP contribution in [-0.4, -0.2) is 5.84 Å². The highest BCUT2D eigenvalue weighted by Crippen LogP contribution is 2.34. The van der Waals surface area contributed by atoms with Crippen LogP contribution in [-0.2, 0) is 0 Å². The lowest BCUT2D eigenvalue weighted by atomic mass is 10.0. The molecule has 4 rings (SSSR count). The van der Waals surface area contributed by atoms with E-state index in [0.717, 1.165) is 50.7 Å². The van der Waals surface area contributed by atoms with Gasteiger partial charge in [0.2, 0.25) is 0 Å². The van der Waals surface area contributed by atoms with Crippen molar-refractivity contribution in [2.45, 2.75) is 27.2 Å². The minimum atomic E-state index is 0.456. The van der Waals surface area contributed by atoms with Crippen LogP contribution in [0.25, 0.3) is 16.8 Å². The summed E-state index contributed by atoms with van der Waals surface area (Å²) >= 11 is 0. The third kappa shape index (κ3) is 8.94. The average molecular weight is 591 g/mol. The Hall–Kier alpha value is -5.61.